The van der Waals surface area contributed by atoms with Crippen LogP contribution in [0.15, 0.2) is 41.5 Å². The summed E-state index contributed by atoms with van der Waals surface area (Å²) >= 11 is 0. The molecular weight excluding hydrogens is 294 g/mol. The lowest BCUT2D eigenvalue weighted by atomic mass is 10.1. The molecule has 0 radical (unpaired) electrons. The molecule has 6 nitrogen and oxygen atoms in total. The highest BCUT2D eigenvalue weighted by molar-refractivity contribution is 5.85. The van der Waals surface area contributed by atoms with Gasteiger partial charge in [0.05, 0.1) is 11.1 Å². The van der Waals surface area contributed by atoms with Crippen molar-refractivity contribution in [1.29, 1.82) is 0 Å². The third kappa shape index (κ3) is 3.64. The van der Waals surface area contributed by atoms with Crippen molar-refractivity contribution in [3.63, 3.8) is 0 Å². The normalized spacial score (nSPS) is 27.6. The van der Waals surface area contributed by atoms with Gasteiger partial charge in [-0.05, 0) is 55.2 Å². The quantitative estimate of drug-likeness (QED) is 0.401. The highest BCUT2D eigenvalue weighted by atomic mass is 16.6. The number of nitrogens with zero attached hydrogens (tertiary/aromatic N) is 2. The van der Waals surface area contributed by atoms with E-state index in [0.717, 1.165) is 25.7 Å². The number of rotatable bonds is 4. The molecule has 1 N–H and O–H groups in total. The van der Waals surface area contributed by atoms with E-state index in [4.69, 9.17) is 0 Å². The number of nitro groups is 1. The third-order valence-corrected chi connectivity index (χ3v) is 4.63. The molecule has 1 amide bonds. The summed E-state index contributed by atoms with van der Waals surface area (Å²) in [5.41, 5.74) is 3.35. The maximum Gasteiger partial charge on any atom is 0.269 e. The average molecular weight is 313 g/mol. The van der Waals surface area contributed by atoms with Gasteiger partial charge < -0.3 is 0 Å². The molecule has 0 bridgehead atoms. The van der Waals surface area contributed by atoms with E-state index in [1.165, 1.54) is 18.3 Å². The molecule has 6 heteroatoms. The van der Waals surface area contributed by atoms with E-state index in [2.05, 4.69) is 22.7 Å². The van der Waals surface area contributed by atoms with Gasteiger partial charge >= 0.3 is 0 Å². The number of carbonyl (C=O) groups excluding carboxylic acids is 1. The predicted octanol–water partition coefficient (Wildman–Crippen LogP) is 3.04. The number of allylic oxidation sites excluding steroid dienone is 2. The monoisotopic (exact) mass is 313 g/mol. The van der Waals surface area contributed by atoms with Crippen LogP contribution in [0.4, 0.5) is 5.69 Å². The first-order valence-electron chi connectivity index (χ1n) is 7.89. The van der Waals surface area contributed by atoms with Gasteiger partial charge in [-0.2, -0.15) is 5.10 Å². The molecule has 0 heterocycles. The van der Waals surface area contributed by atoms with E-state index in [-0.39, 0.29) is 17.5 Å². The fourth-order valence-corrected chi connectivity index (χ4v) is 3.36. The molecular formula is C17H19N3O3. The molecule has 1 aromatic carbocycles. The Bertz CT molecular complexity index is 636. The Morgan fingerprint density at radius 1 is 1.17 bits per heavy atom. The minimum absolute atomic E-state index is 0.0138. The van der Waals surface area contributed by atoms with Gasteiger partial charge in [0.25, 0.3) is 5.69 Å². The van der Waals surface area contributed by atoms with Crippen molar-refractivity contribution in [3.8, 4) is 0 Å². The molecule has 1 aromatic rings. The molecule has 2 aliphatic carbocycles. The van der Waals surface area contributed by atoms with E-state index in [1.54, 1.807) is 12.1 Å². The lowest BCUT2D eigenvalue weighted by Gasteiger charge is -1.99. The fraction of sp³-hybridized carbons (Fsp3) is 0.412. The minimum atomic E-state index is -0.447. The number of nitrogens with one attached hydrogen (secondary N) is 1. The van der Waals surface area contributed by atoms with Gasteiger partial charge in [0, 0.05) is 18.1 Å². The maximum absolute atomic E-state index is 12.2. The Morgan fingerprint density at radius 2 is 1.78 bits per heavy atom. The topological polar surface area (TPSA) is 84.6 Å². The van der Waals surface area contributed by atoms with Gasteiger partial charge in [0.15, 0.2) is 0 Å². The Kier molecular flexibility index (Phi) is 4.50. The van der Waals surface area contributed by atoms with Gasteiger partial charge in [0.1, 0.15) is 0 Å². The zero-order chi connectivity index (χ0) is 16.2. The van der Waals surface area contributed by atoms with E-state index < -0.39 is 4.92 Å². The first-order chi connectivity index (χ1) is 11.2. The fourth-order valence-electron chi connectivity index (χ4n) is 3.36. The number of hydrogen-bond donors (Lipinski definition) is 1. The highest BCUT2D eigenvalue weighted by Gasteiger charge is 2.53. The second-order valence-corrected chi connectivity index (χ2v) is 6.06. The summed E-state index contributed by atoms with van der Waals surface area (Å²) < 4.78 is 0. The summed E-state index contributed by atoms with van der Waals surface area (Å²) in [7, 11) is 0. The molecule has 1 fully saturated rings. The van der Waals surface area contributed by atoms with E-state index in [0.29, 0.717) is 17.4 Å². The van der Waals surface area contributed by atoms with Crippen LogP contribution in [-0.4, -0.2) is 17.0 Å². The number of hydrazone groups is 1. The van der Waals surface area contributed by atoms with E-state index in [1.807, 2.05) is 0 Å². The molecule has 0 spiro atoms. The molecule has 0 saturated heterocycles. The van der Waals surface area contributed by atoms with Crippen LogP contribution >= 0.6 is 0 Å². The first kappa shape index (κ1) is 15.4. The van der Waals surface area contributed by atoms with Crippen molar-refractivity contribution in [2.24, 2.45) is 22.9 Å². The molecule has 2 atom stereocenters. The van der Waals surface area contributed by atoms with Gasteiger partial charge in [-0.1, -0.05) is 12.2 Å². The van der Waals surface area contributed by atoms with Crippen LogP contribution in [0.25, 0.3) is 0 Å². The van der Waals surface area contributed by atoms with Crippen molar-refractivity contribution < 1.29 is 9.72 Å². The number of fused-ring (bicyclic) bond motifs is 1. The Morgan fingerprint density at radius 3 is 2.35 bits per heavy atom. The van der Waals surface area contributed by atoms with Crippen molar-refractivity contribution in [3.05, 3.63) is 52.1 Å². The van der Waals surface area contributed by atoms with Crippen LogP contribution in [0.3, 0.4) is 0 Å². The number of nitro benzene ring substituents is 1. The number of hydrogen-bond acceptors (Lipinski definition) is 4. The Labute approximate surface area is 134 Å². The van der Waals surface area contributed by atoms with Crippen molar-refractivity contribution >= 4 is 17.8 Å². The zero-order valence-electron chi connectivity index (χ0n) is 12.7. The van der Waals surface area contributed by atoms with Crippen molar-refractivity contribution in [1.82, 2.24) is 5.43 Å². The number of non-ortho nitro benzene ring substituents is 1. The first-order valence-corrected chi connectivity index (χ1v) is 7.89. The predicted molar refractivity (Wildman–Crippen MR) is 86.9 cm³/mol. The number of amides is 1. The largest absolute Gasteiger partial charge is 0.273 e. The zero-order valence-corrected chi connectivity index (χ0v) is 12.7. The van der Waals surface area contributed by atoms with Crippen molar-refractivity contribution in [2.75, 3.05) is 0 Å². The summed E-state index contributed by atoms with van der Waals surface area (Å²) in [5.74, 6) is 1.06. The summed E-state index contributed by atoms with van der Waals surface area (Å²) in [6.07, 6.45) is 10.2. The number of benzene rings is 1. The van der Waals surface area contributed by atoms with Gasteiger partial charge in [-0.3, -0.25) is 14.9 Å². The summed E-state index contributed by atoms with van der Waals surface area (Å²) in [5, 5.41) is 14.6. The summed E-state index contributed by atoms with van der Waals surface area (Å²) in [6, 6.07) is 6.03. The standard InChI is InChI=1S/C17H19N3O3/c21-17(16-14-5-3-1-2-4-6-15(14)16)19-18-11-12-7-9-13(10-8-12)20(22)23/h1-2,7-11,14-16H,3-6H2,(H,19,21)/b2-1-,18-11+. The molecule has 23 heavy (non-hydrogen) atoms. The summed E-state index contributed by atoms with van der Waals surface area (Å²) in [4.78, 5) is 22.3. The second-order valence-electron chi connectivity index (χ2n) is 6.06. The smallest absolute Gasteiger partial charge is 0.269 e. The van der Waals surface area contributed by atoms with Gasteiger partial charge in [-0.15, -0.1) is 0 Å². The Balaban J connectivity index is 1.52. The lowest BCUT2D eigenvalue weighted by Crippen LogP contribution is -2.21. The van der Waals surface area contributed by atoms with Gasteiger partial charge in [0.2, 0.25) is 5.91 Å². The van der Waals surface area contributed by atoms with E-state index in [9.17, 15) is 14.9 Å². The molecule has 1 saturated carbocycles. The van der Waals surface area contributed by atoms with Crippen molar-refractivity contribution in [2.45, 2.75) is 25.7 Å². The molecule has 3 rings (SSSR count). The van der Waals surface area contributed by atoms with Gasteiger partial charge in [-0.25, -0.2) is 5.43 Å². The minimum Gasteiger partial charge on any atom is -0.273 e. The Hall–Kier alpha value is -2.50. The second kappa shape index (κ2) is 6.73. The SMILES string of the molecule is O=C(N/N=C/c1ccc([N+](=O)[O-])cc1)C1C2CC/C=C\CCC21. The lowest BCUT2D eigenvalue weighted by molar-refractivity contribution is -0.384. The molecule has 0 aromatic heterocycles. The maximum atomic E-state index is 12.2. The van der Waals surface area contributed by atoms with Crippen LogP contribution in [0.2, 0.25) is 0 Å². The average Bonchev–Trinajstić information content (AvgIpc) is 3.19. The van der Waals surface area contributed by atoms with Crippen LogP contribution < -0.4 is 5.43 Å². The third-order valence-electron chi connectivity index (χ3n) is 4.63. The molecule has 2 unspecified atom stereocenters. The van der Waals surface area contributed by atoms with E-state index >= 15 is 0 Å². The van der Waals surface area contributed by atoms with Crippen LogP contribution in [-0.2, 0) is 4.79 Å². The molecule has 0 aliphatic heterocycles. The number of carbonyl (C=O) groups is 1. The molecule has 120 valence electrons. The van der Waals surface area contributed by atoms with Crippen LogP contribution in [0, 0.1) is 27.9 Å². The highest BCUT2D eigenvalue weighted by Crippen LogP contribution is 2.52. The van der Waals surface area contributed by atoms with Crippen LogP contribution in [0.5, 0.6) is 0 Å². The van der Waals surface area contributed by atoms with Crippen LogP contribution in [0.1, 0.15) is 31.2 Å². The molecule has 2 aliphatic rings. The summed E-state index contributed by atoms with van der Waals surface area (Å²) in [6.45, 7) is 0.